The molecule has 0 atom stereocenters. The number of nitrogens with two attached hydrogens (primary N) is 1. The Bertz CT molecular complexity index is 430. The van der Waals surface area contributed by atoms with Gasteiger partial charge in [-0.1, -0.05) is 13.3 Å². The van der Waals surface area contributed by atoms with E-state index in [0.717, 1.165) is 17.9 Å². The summed E-state index contributed by atoms with van der Waals surface area (Å²) in [7, 11) is 0. The van der Waals surface area contributed by atoms with E-state index in [0.29, 0.717) is 11.6 Å². The Labute approximate surface area is 103 Å². The molecule has 90 valence electrons. The van der Waals surface area contributed by atoms with Crippen LogP contribution < -0.4 is 10.6 Å². The molecule has 2 N–H and O–H groups in total. The summed E-state index contributed by atoms with van der Waals surface area (Å²) in [5.74, 6) is 0. The van der Waals surface area contributed by atoms with Crippen molar-refractivity contribution in [2.45, 2.75) is 38.6 Å². The number of benzene rings is 1. The number of nitrogens with zero attached hydrogens (tertiary/aromatic N) is 2. The van der Waals surface area contributed by atoms with Gasteiger partial charge in [-0.2, -0.15) is 5.26 Å². The van der Waals surface area contributed by atoms with Crippen molar-refractivity contribution >= 4 is 11.4 Å². The fourth-order valence-corrected chi connectivity index (χ4v) is 2.08. The van der Waals surface area contributed by atoms with Crippen molar-refractivity contribution in [3.05, 3.63) is 23.8 Å². The summed E-state index contributed by atoms with van der Waals surface area (Å²) in [5.41, 5.74) is 8.55. The topological polar surface area (TPSA) is 53.0 Å². The first kappa shape index (κ1) is 11.8. The van der Waals surface area contributed by atoms with Crippen LogP contribution in [0.2, 0.25) is 0 Å². The van der Waals surface area contributed by atoms with Gasteiger partial charge in [-0.15, -0.1) is 0 Å². The number of nitrogen functional groups attached to an aromatic ring is 1. The number of nitriles is 1. The highest BCUT2D eigenvalue weighted by Gasteiger charge is 2.29. The summed E-state index contributed by atoms with van der Waals surface area (Å²) in [6, 6.07) is 8.36. The molecule has 0 amide bonds. The lowest BCUT2D eigenvalue weighted by atomic mass is 10.1. The van der Waals surface area contributed by atoms with Gasteiger partial charge in [-0.3, -0.25) is 0 Å². The van der Waals surface area contributed by atoms with E-state index in [4.69, 9.17) is 11.0 Å². The zero-order chi connectivity index (χ0) is 12.3. The molecular formula is C14H19N3. The summed E-state index contributed by atoms with van der Waals surface area (Å²) in [6.07, 6.45) is 4.85. The van der Waals surface area contributed by atoms with Gasteiger partial charge >= 0.3 is 0 Å². The van der Waals surface area contributed by atoms with E-state index in [1.54, 1.807) is 6.07 Å². The second-order valence-electron chi connectivity index (χ2n) is 4.66. The van der Waals surface area contributed by atoms with Crippen molar-refractivity contribution in [1.29, 1.82) is 5.26 Å². The number of unbranched alkanes of at least 4 members (excludes halogenated alkanes) is 1. The summed E-state index contributed by atoms with van der Waals surface area (Å²) < 4.78 is 0. The summed E-state index contributed by atoms with van der Waals surface area (Å²) >= 11 is 0. The Hall–Kier alpha value is -1.69. The van der Waals surface area contributed by atoms with Gasteiger partial charge in [0.05, 0.1) is 23.0 Å². The smallest absolute Gasteiger partial charge is 0.0992 e. The van der Waals surface area contributed by atoms with Crippen LogP contribution >= 0.6 is 0 Å². The van der Waals surface area contributed by atoms with Gasteiger partial charge in [0.2, 0.25) is 0 Å². The van der Waals surface area contributed by atoms with Gasteiger partial charge in [-0.05, 0) is 37.5 Å². The van der Waals surface area contributed by atoms with Crippen LogP contribution in [0.4, 0.5) is 11.4 Å². The van der Waals surface area contributed by atoms with E-state index < -0.39 is 0 Å². The Balaban J connectivity index is 2.25. The van der Waals surface area contributed by atoms with Gasteiger partial charge in [0.1, 0.15) is 0 Å². The Kier molecular flexibility index (Phi) is 3.53. The lowest BCUT2D eigenvalue weighted by Crippen LogP contribution is -2.27. The maximum atomic E-state index is 8.96. The molecule has 3 heteroatoms. The first-order valence-electron chi connectivity index (χ1n) is 6.32. The quantitative estimate of drug-likeness (QED) is 0.790. The molecule has 0 spiro atoms. The van der Waals surface area contributed by atoms with Gasteiger partial charge in [0.25, 0.3) is 0 Å². The Morgan fingerprint density at radius 3 is 2.82 bits per heavy atom. The molecule has 1 aromatic carbocycles. The maximum absolute atomic E-state index is 8.96. The van der Waals surface area contributed by atoms with Crippen LogP contribution in [0.25, 0.3) is 0 Å². The molecule has 1 fully saturated rings. The summed E-state index contributed by atoms with van der Waals surface area (Å²) in [5, 5.41) is 8.96. The first-order valence-corrected chi connectivity index (χ1v) is 6.32. The third-order valence-electron chi connectivity index (χ3n) is 3.21. The fourth-order valence-electron chi connectivity index (χ4n) is 2.08. The molecule has 0 aromatic heterocycles. The number of anilines is 2. The van der Waals surface area contributed by atoms with E-state index in [1.807, 2.05) is 12.1 Å². The van der Waals surface area contributed by atoms with E-state index in [2.05, 4.69) is 17.9 Å². The SMILES string of the molecule is CCCCN(c1cc(C#N)ccc1N)C1CC1. The Morgan fingerprint density at radius 1 is 1.47 bits per heavy atom. The third-order valence-corrected chi connectivity index (χ3v) is 3.21. The van der Waals surface area contributed by atoms with E-state index in [9.17, 15) is 0 Å². The van der Waals surface area contributed by atoms with Crippen molar-refractivity contribution in [1.82, 2.24) is 0 Å². The second kappa shape index (κ2) is 5.09. The highest BCUT2D eigenvalue weighted by molar-refractivity contribution is 5.70. The molecule has 2 rings (SSSR count). The van der Waals surface area contributed by atoms with Crippen LogP contribution in [0.5, 0.6) is 0 Å². The molecule has 0 saturated heterocycles. The van der Waals surface area contributed by atoms with Crippen LogP contribution in [-0.4, -0.2) is 12.6 Å². The molecule has 0 aliphatic heterocycles. The normalized spacial score (nSPS) is 14.4. The van der Waals surface area contributed by atoms with Crippen molar-refractivity contribution in [3.8, 4) is 6.07 Å². The predicted octanol–water partition coefficient (Wildman–Crippen LogP) is 2.91. The zero-order valence-corrected chi connectivity index (χ0v) is 10.3. The summed E-state index contributed by atoms with van der Waals surface area (Å²) in [4.78, 5) is 2.37. The summed E-state index contributed by atoms with van der Waals surface area (Å²) in [6.45, 7) is 3.24. The molecule has 0 bridgehead atoms. The van der Waals surface area contributed by atoms with Gasteiger partial charge in [-0.25, -0.2) is 0 Å². The van der Waals surface area contributed by atoms with Crippen molar-refractivity contribution in [3.63, 3.8) is 0 Å². The lowest BCUT2D eigenvalue weighted by molar-refractivity contribution is 0.714. The molecule has 1 aromatic rings. The molecule has 1 aliphatic rings. The van der Waals surface area contributed by atoms with Crippen LogP contribution in [0.1, 0.15) is 38.2 Å². The van der Waals surface area contributed by atoms with Crippen molar-refractivity contribution < 1.29 is 0 Å². The average Bonchev–Trinajstić information content (AvgIpc) is 3.16. The lowest BCUT2D eigenvalue weighted by Gasteiger charge is -2.26. The largest absolute Gasteiger partial charge is 0.397 e. The van der Waals surface area contributed by atoms with Crippen molar-refractivity contribution in [2.24, 2.45) is 0 Å². The average molecular weight is 229 g/mol. The van der Waals surface area contributed by atoms with Crippen LogP contribution in [-0.2, 0) is 0 Å². The van der Waals surface area contributed by atoms with E-state index in [-0.39, 0.29) is 0 Å². The molecule has 1 saturated carbocycles. The molecule has 0 heterocycles. The first-order chi connectivity index (χ1) is 8.26. The third kappa shape index (κ3) is 2.71. The van der Waals surface area contributed by atoms with Gasteiger partial charge in [0.15, 0.2) is 0 Å². The Morgan fingerprint density at radius 2 is 2.24 bits per heavy atom. The molecule has 1 aliphatic carbocycles. The number of hydrogen-bond donors (Lipinski definition) is 1. The number of rotatable bonds is 5. The minimum atomic E-state index is 0.637. The molecule has 0 unspecified atom stereocenters. The molecule has 17 heavy (non-hydrogen) atoms. The monoisotopic (exact) mass is 229 g/mol. The minimum absolute atomic E-state index is 0.637. The minimum Gasteiger partial charge on any atom is -0.397 e. The molecule has 3 nitrogen and oxygen atoms in total. The van der Waals surface area contributed by atoms with Crippen LogP contribution in [0.3, 0.4) is 0 Å². The fraction of sp³-hybridized carbons (Fsp3) is 0.500. The van der Waals surface area contributed by atoms with Crippen LogP contribution in [0.15, 0.2) is 18.2 Å². The van der Waals surface area contributed by atoms with E-state index >= 15 is 0 Å². The zero-order valence-electron chi connectivity index (χ0n) is 10.3. The molecule has 0 radical (unpaired) electrons. The second-order valence-corrected chi connectivity index (χ2v) is 4.66. The maximum Gasteiger partial charge on any atom is 0.0992 e. The van der Waals surface area contributed by atoms with Crippen molar-refractivity contribution in [2.75, 3.05) is 17.2 Å². The van der Waals surface area contributed by atoms with Crippen LogP contribution in [0, 0.1) is 11.3 Å². The van der Waals surface area contributed by atoms with Gasteiger partial charge < -0.3 is 10.6 Å². The van der Waals surface area contributed by atoms with Gasteiger partial charge in [0, 0.05) is 12.6 Å². The standard InChI is InChI=1S/C14H19N3/c1-2-3-8-17(12-5-6-12)14-9-11(10-15)4-7-13(14)16/h4,7,9,12H,2-3,5-6,8,16H2,1H3. The molecular weight excluding hydrogens is 210 g/mol. The highest BCUT2D eigenvalue weighted by Crippen LogP contribution is 2.35. The van der Waals surface area contributed by atoms with E-state index in [1.165, 1.54) is 25.7 Å². The predicted molar refractivity (Wildman–Crippen MR) is 70.8 cm³/mol. The number of hydrogen-bond acceptors (Lipinski definition) is 3. The highest BCUT2D eigenvalue weighted by atomic mass is 15.2.